The van der Waals surface area contributed by atoms with E-state index in [1.165, 1.54) is 29.4 Å². The first kappa shape index (κ1) is 20.5. The van der Waals surface area contributed by atoms with Crippen molar-refractivity contribution in [2.75, 3.05) is 7.11 Å². The topological polar surface area (TPSA) is 87.3 Å². The molecule has 0 saturated heterocycles. The number of amides is 1. The molecular formula is C20H14Cl2N4O3S. The van der Waals surface area contributed by atoms with Crippen molar-refractivity contribution in [3.63, 3.8) is 0 Å². The molecule has 0 aromatic heterocycles. The molecule has 0 unspecified atom stereocenters. The van der Waals surface area contributed by atoms with Gasteiger partial charge >= 0.3 is 0 Å². The number of thioether (sulfide) groups is 1. The minimum Gasteiger partial charge on any atom is -0.493 e. The number of carbonyl (C=O) groups is 1. The van der Waals surface area contributed by atoms with Gasteiger partial charge in [-0.2, -0.15) is 15.1 Å². The number of nitrogens with one attached hydrogen (secondary N) is 1. The summed E-state index contributed by atoms with van der Waals surface area (Å²) in [7, 11) is 1.52. The molecule has 0 spiro atoms. The first-order valence-corrected chi connectivity index (χ1v) is 10.3. The highest BCUT2D eigenvalue weighted by atomic mass is 35.5. The smallest absolute Gasteiger partial charge is 0.283 e. The highest BCUT2D eigenvalue weighted by Crippen LogP contribution is 2.32. The second kappa shape index (κ2) is 8.51. The highest BCUT2D eigenvalue weighted by molar-refractivity contribution is 8.25. The fourth-order valence-electron chi connectivity index (χ4n) is 2.82. The van der Waals surface area contributed by atoms with Crippen molar-refractivity contribution in [1.29, 1.82) is 5.41 Å². The molecule has 0 saturated carbocycles. The van der Waals surface area contributed by atoms with Crippen LogP contribution in [0, 0.1) is 5.41 Å². The van der Waals surface area contributed by atoms with E-state index < -0.39 is 5.91 Å². The van der Waals surface area contributed by atoms with E-state index in [-0.39, 0.29) is 18.0 Å². The van der Waals surface area contributed by atoms with Crippen LogP contribution in [-0.2, 0) is 11.4 Å². The Hall–Kier alpha value is -2.81. The number of aliphatic imine (C=N–C) groups is 1. The average Bonchev–Trinajstić information content (AvgIpc) is 3.19. The molecule has 152 valence electrons. The first-order chi connectivity index (χ1) is 14.5. The molecule has 0 atom stereocenters. The lowest BCUT2D eigenvalue weighted by Crippen LogP contribution is -2.35. The summed E-state index contributed by atoms with van der Waals surface area (Å²) in [5.41, 5.74) is 2.99. The number of rotatable bonds is 5. The highest BCUT2D eigenvalue weighted by Gasteiger charge is 2.32. The number of benzene rings is 2. The second-order valence-electron chi connectivity index (χ2n) is 6.16. The minimum absolute atomic E-state index is 0.0288. The normalized spacial score (nSPS) is 16.7. The Labute approximate surface area is 186 Å². The maximum atomic E-state index is 12.3. The fraction of sp³-hybridized carbons (Fsp3) is 0.100. The molecule has 2 aliphatic rings. The summed E-state index contributed by atoms with van der Waals surface area (Å²) in [6, 6.07) is 10.4. The summed E-state index contributed by atoms with van der Waals surface area (Å²) in [5.74, 6) is 0.429. The lowest BCUT2D eigenvalue weighted by atomic mass is 10.1. The van der Waals surface area contributed by atoms with Crippen molar-refractivity contribution in [2.45, 2.75) is 6.61 Å². The quantitative estimate of drug-likeness (QED) is 0.645. The van der Waals surface area contributed by atoms with Crippen molar-refractivity contribution in [1.82, 2.24) is 5.01 Å². The predicted octanol–water partition coefficient (Wildman–Crippen LogP) is 4.83. The molecular weight excluding hydrogens is 447 g/mol. The van der Waals surface area contributed by atoms with Crippen LogP contribution < -0.4 is 9.47 Å². The third kappa shape index (κ3) is 3.94. The zero-order chi connectivity index (χ0) is 21.3. The number of hydrogen-bond donors (Lipinski definition) is 1. The number of amidine groups is 2. The van der Waals surface area contributed by atoms with Gasteiger partial charge in [0.15, 0.2) is 22.5 Å². The van der Waals surface area contributed by atoms with Crippen LogP contribution >= 0.6 is 35.0 Å². The van der Waals surface area contributed by atoms with Crippen LogP contribution in [-0.4, -0.2) is 34.6 Å². The molecule has 0 bridgehead atoms. The Kier molecular flexibility index (Phi) is 5.80. The van der Waals surface area contributed by atoms with Crippen LogP contribution in [0.3, 0.4) is 0 Å². The van der Waals surface area contributed by atoms with E-state index in [0.29, 0.717) is 37.8 Å². The van der Waals surface area contributed by atoms with Gasteiger partial charge in [0.2, 0.25) is 0 Å². The van der Waals surface area contributed by atoms with Gasteiger partial charge in [-0.25, -0.2) is 0 Å². The van der Waals surface area contributed by atoms with Crippen LogP contribution in [0.2, 0.25) is 10.0 Å². The number of hydrogen-bond acceptors (Lipinski definition) is 6. The lowest BCUT2D eigenvalue weighted by Gasteiger charge is -2.20. The number of fused-ring (bicyclic) bond motifs is 1. The standard InChI is InChI=1S/C20H14Cl2N4O3S/c1-28-17-8-11(7-12-18(23)26-20(25-19(12)27)30-10-24-26)5-6-16(17)29-9-13-14(21)3-2-4-15(13)22/h2-8,10,23H,9H2,1H3/b12-7+,23-18?. The second-order valence-corrected chi connectivity index (χ2v) is 7.78. The van der Waals surface area contributed by atoms with Crippen molar-refractivity contribution >= 4 is 63.5 Å². The maximum absolute atomic E-state index is 12.3. The summed E-state index contributed by atoms with van der Waals surface area (Å²) in [6.45, 7) is 0.167. The van der Waals surface area contributed by atoms with E-state index in [9.17, 15) is 4.79 Å². The number of hydrazone groups is 1. The van der Waals surface area contributed by atoms with Crippen LogP contribution in [0.5, 0.6) is 11.5 Å². The van der Waals surface area contributed by atoms with Crippen LogP contribution in [0.4, 0.5) is 0 Å². The number of carbonyl (C=O) groups excluding carboxylic acids is 1. The van der Waals surface area contributed by atoms with Crippen LogP contribution in [0.1, 0.15) is 11.1 Å². The maximum Gasteiger partial charge on any atom is 0.283 e. The molecule has 4 rings (SSSR count). The van der Waals surface area contributed by atoms with E-state index in [1.807, 2.05) is 0 Å². The number of nitrogens with zero attached hydrogens (tertiary/aromatic N) is 3. The van der Waals surface area contributed by atoms with Gasteiger partial charge in [-0.15, -0.1) is 0 Å². The summed E-state index contributed by atoms with van der Waals surface area (Å²) < 4.78 is 11.3. The van der Waals surface area contributed by atoms with E-state index in [2.05, 4.69) is 10.1 Å². The third-order valence-electron chi connectivity index (χ3n) is 4.33. The molecule has 7 nitrogen and oxygen atoms in total. The minimum atomic E-state index is -0.489. The monoisotopic (exact) mass is 460 g/mol. The first-order valence-electron chi connectivity index (χ1n) is 8.64. The van der Waals surface area contributed by atoms with E-state index in [4.69, 9.17) is 38.1 Å². The van der Waals surface area contributed by atoms with Gasteiger partial charge in [0, 0.05) is 15.6 Å². The molecule has 1 amide bonds. The van der Waals surface area contributed by atoms with Gasteiger partial charge in [0.25, 0.3) is 5.91 Å². The Morgan fingerprint density at radius 2 is 1.97 bits per heavy atom. The summed E-state index contributed by atoms with van der Waals surface area (Å²) in [4.78, 5) is 16.3. The Bertz CT molecular complexity index is 1130. The van der Waals surface area contributed by atoms with Gasteiger partial charge in [-0.05, 0) is 47.7 Å². The van der Waals surface area contributed by atoms with Gasteiger partial charge in [-0.1, -0.05) is 35.3 Å². The van der Waals surface area contributed by atoms with Gasteiger partial charge < -0.3 is 9.47 Å². The lowest BCUT2D eigenvalue weighted by molar-refractivity contribution is -0.114. The Morgan fingerprint density at radius 1 is 1.20 bits per heavy atom. The summed E-state index contributed by atoms with van der Waals surface area (Å²) in [6.07, 6.45) is 1.57. The average molecular weight is 461 g/mol. The summed E-state index contributed by atoms with van der Waals surface area (Å²) in [5, 5.41) is 15.0. The molecule has 0 aliphatic carbocycles. The molecule has 0 radical (unpaired) electrons. The largest absolute Gasteiger partial charge is 0.493 e. The van der Waals surface area contributed by atoms with Crippen molar-refractivity contribution in [2.24, 2.45) is 10.1 Å². The van der Waals surface area contributed by atoms with Crippen molar-refractivity contribution in [3.8, 4) is 11.5 Å². The molecule has 2 aromatic carbocycles. The summed E-state index contributed by atoms with van der Waals surface area (Å²) >= 11 is 13.6. The molecule has 30 heavy (non-hydrogen) atoms. The Morgan fingerprint density at radius 3 is 2.70 bits per heavy atom. The molecule has 0 fully saturated rings. The van der Waals surface area contributed by atoms with Crippen LogP contribution in [0.25, 0.3) is 6.08 Å². The van der Waals surface area contributed by atoms with Gasteiger partial charge in [0.1, 0.15) is 6.61 Å². The van der Waals surface area contributed by atoms with E-state index in [0.717, 1.165) is 0 Å². The van der Waals surface area contributed by atoms with E-state index in [1.54, 1.807) is 42.5 Å². The number of ether oxygens (including phenoxy) is 2. The molecule has 2 heterocycles. The molecule has 1 N–H and O–H groups in total. The predicted molar refractivity (Wildman–Crippen MR) is 120 cm³/mol. The molecule has 10 heteroatoms. The Balaban J connectivity index is 1.58. The van der Waals surface area contributed by atoms with E-state index >= 15 is 0 Å². The zero-order valence-electron chi connectivity index (χ0n) is 15.6. The van der Waals surface area contributed by atoms with Gasteiger partial charge in [-0.3, -0.25) is 10.2 Å². The number of halogens is 2. The fourth-order valence-corrected chi connectivity index (χ4v) is 3.93. The zero-order valence-corrected chi connectivity index (χ0v) is 17.9. The van der Waals surface area contributed by atoms with Crippen LogP contribution in [0.15, 0.2) is 52.1 Å². The van der Waals surface area contributed by atoms with Crippen molar-refractivity contribution < 1.29 is 14.3 Å². The third-order valence-corrected chi connectivity index (χ3v) is 5.71. The molecule has 2 aliphatic heterocycles. The SMILES string of the molecule is COc1cc(/C=C2\C(=N)N3N=CSC3=NC2=O)ccc1OCc1c(Cl)cccc1Cl. The van der Waals surface area contributed by atoms with Gasteiger partial charge in [0.05, 0.1) is 18.2 Å². The van der Waals surface area contributed by atoms with Crippen molar-refractivity contribution in [3.05, 3.63) is 63.1 Å². The molecule has 2 aromatic rings. The number of methoxy groups -OCH3 is 1.